The summed E-state index contributed by atoms with van der Waals surface area (Å²) in [6.45, 7) is 0. The van der Waals surface area contributed by atoms with Gasteiger partial charge in [-0.05, 0) is 12.1 Å². The maximum atomic E-state index is 12.7. The summed E-state index contributed by atoms with van der Waals surface area (Å²) >= 11 is 0. The van der Waals surface area contributed by atoms with E-state index in [-0.39, 0.29) is 5.56 Å². The average Bonchev–Trinajstić information content (AvgIpc) is 2.15. The second kappa shape index (κ2) is 4.52. The molecule has 0 spiro atoms. The smallest absolute Gasteiger partial charge is 0.376 e. The number of halogens is 2. The average molecular weight is 228 g/mol. The lowest BCUT2D eigenvalue weighted by molar-refractivity contribution is -0.146. The minimum absolute atomic E-state index is 0.313. The SMILES string of the molecule is O=C(O)C(=O)C=C(O)c1cc(F)cc(F)c1. The molecule has 0 saturated carbocycles. The van der Waals surface area contributed by atoms with Crippen LogP contribution in [0.25, 0.3) is 5.76 Å². The van der Waals surface area contributed by atoms with E-state index >= 15 is 0 Å². The molecule has 16 heavy (non-hydrogen) atoms. The molecule has 6 heteroatoms. The Bertz CT molecular complexity index is 459. The third-order valence-electron chi connectivity index (χ3n) is 1.64. The van der Waals surface area contributed by atoms with Crippen molar-refractivity contribution in [2.24, 2.45) is 0 Å². The highest BCUT2D eigenvalue weighted by atomic mass is 19.1. The fraction of sp³-hybridized carbons (Fsp3) is 0. The molecule has 0 unspecified atom stereocenters. The van der Waals surface area contributed by atoms with Crippen LogP contribution in [0.5, 0.6) is 0 Å². The van der Waals surface area contributed by atoms with Gasteiger partial charge in [0.25, 0.3) is 5.78 Å². The summed E-state index contributed by atoms with van der Waals surface area (Å²) in [7, 11) is 0. The minimum atomic E-state index is -1.77. The van der Waals surface area contributed by atoms with Gasteiger partial charge in [-0.3, -0.25) is 4.79 Å². The molecule has 2 N–H and O–H groups in total. The number of aliphatic hydroxyl groups excluding tert-OH is 1. The van der Waals surface area contributed by atoms with Gasteiger partial charge in [0.2, 0.25) is 0 Å². The Morgan fingerprint density at radius 1 is 1.06 bits per heavy atom. The second-order valence-corrected chi connectivity index (χ2v) is 2.86. The quantitative estimate of drug-likeness (QED) is 0.467. The third-order valence-corrected chi connectivity index (χ3v) is 1.64. The van der Waals surface area contributed by atoms with Crippen LogP contribution in [-0.4, -0.2) is 22.0 Å². The number of carbonyl (C=O) groups is 2. The van der Waals surface area contributed by atoms with Crippen LogP contribution >= 0.6 is 0 Å². The van der Waals surface area contributed by atoms with Crippen LogP contribution in [0.3, 0.4) is 0 Å². The van der Waals surface area contributed by atoms with Crippen molar-refractivity contribution in [2.75, 3.05) is 0 Å². The Hall–Kier alpha value is -2.24. The van der Waals surface area contributed by atoms with E-state index in [9.17, 15) is 23.5 Å². The zero-order valence-corrected chi connectivity index (χ0v) is 7.78. The number of hydrogen-bond donors (Lipinski definition) is 2. The molecule has 0 aromatic heterocycles. The summed E-state index contributed by atoms with van der Waals surface area (Å²) in [6.07, 6.45) is 0.372. The number of rotatable bonds is 3. The molecule has 0 radical (unpaired) electrons. The lowest BCUT2D eigenvalue weighted by Crippen LogP contribution is -2.09. The first kappa shape index (κ1) is 11.8. The van der Waals surface area contributed by atoms with E-state index in [4.69, 9.17) is 5.11 Å². The van der Waals surface area contributed by atoms with Gasteiger partial charge in [-0.25, -0.2) is 13.6 Å². The van der Waals surface area contributed by atoms with Crippen LogP contribution in [0, 0.1) is 11.6 Å². The summed E-state index contributed by atoms with van der Waals surface area (Å²) < 4.78 is 25.4. The van der Waals surface area contributed by atoms with Crippen molar-refractivity contribution in [3.8, 4) is 0 Å². The highest BCUT2D eigenvalue weighted by Gasteiger charge is 2.11. The summed E-state index contributed by atoms with van der Waals surface area (Å²) in [5.41, 5.74) is -0.313. The highest BCUT2D eigenvalue weighted by molar-refractivity contribution is 6.38. The normalized spacial score (nSPS) is 11.2. The molecule has 0 atom stereocenters. The van der Waals surface area contributed by atoms with Crippen molar-refractivity contribution in [2.45, 2.75) is 0 Å². The summed E-state index contributed by atoms with van der Waals surface area (Å²) in [5.74, 6) is -5.87. The van der Waals surface area contributed by atoms with Gasteiger partial charge < -0.3 is 10.2 Å². The molecule has 0 bridgehead atoms. The standard InChI is InChI=1S/C10H6F2O4/c11-6-1-5(2-7(12)3-6)8(13)4-9(14)10(15)16/h1-4,13H,(H,15,16). The van der Waals surface area contributed by atoms with Gasteiger partial charge in [0.1, 0.15) is 17.4 Å². The van der Waals surface area contributed by atoms with E-state index in [1.54, 1.807) is 0 Å². The van der Waals surface area contributed by atoms with Crippen LogP contribution in [0.1, 0.15) is 5.56 Å². The predicted molar refractivity (Wildman–Crippen MR) is 49.6 cm³/mol. The number of carboxylic acid groups (broad SMARTS) is 1. The zero-order chi connectivity index (χ0) is 12.3. The van der Waals surface area contributed by atoms with E-state index in [1.165, 1.54) is 0 Å². The highest BCUT2D eigenvalue weighted by Crippen LogP contribution is 2.15. The first-order valence-electron chi connectivity index (χ1n) is 4.04. The summed E-state index contributed by atoms with van der Waals surface area (Å²) in [4.78, 5) is 20.8. The first-order valence-corrected chi connectivity index (χ1v) is 4.04. The van der Waals surface area contributed by atoms with Gasteiger partial charge in [0, 0.05) is 17.7 Å². The van der Waals surface area contributed by atoms with Crippen molar-refractivity contribution in [3.63, 3.8) is 0 Å². The Labute approximate surface area is 88.4 Å². The first-order chi connectivity index (χ1) is 7.40. The van der Waals surface area contributed by atoms with Crippen LogP contribution in [0.15, 0.2) is 24.3 Å². The molecule has 0 aliphatic carbocycles. The zero-order valence-electron chi connectivity index (χ0n) is 7.78. The van der Waals surface area contributed by atoms with E-state index in [0.717, 1.165) is 12.1 Å². The second-order valence-electron chi connectivity index (χ2n) is 2.86. The summed E-state index contributed by atoms with van der Waals surface area (Å²) in [5, 5.41) is 17.5. The number of aliphatic hydroxyl groups is 1. The fourth-order valence-corrected chi connectivity index (χ4v) is 0.971. The van der Waals surface area contributed by atoms with Gasteiger partial charge >= 0.3 is 5.97 Å². The summed E-state index contributed by atoms with van der Waals surface area (Å²) in [6, 6.07) is 2.11. The molecular weight excluding hydrogens is 222 g/mol. The molecule has 1 rings (SSSR count). The van der Waals surface area contributed by atoms with Gasteiger partial charge in [0.15, 0.2) is 0 Å². The van der Waals surface area contributed by atoms with Gasteiger partial charge in [-0.15, -0.1) is 0 Å². The number of aliphatic carboxylic acids is 1. The van der Waals surface area contributed by atoms with E-state index in [2.05, 4.69) is 0 Å². The number of carboxylic acids is 1. The van der Waals surface area contributed by atoms with Crippen molar-refractivity contribution >= 4 is 17.5 Å². The molecule has 1 aromatic carbocycles. The maximum Gasteiger partial charge on any atom is 0.376 e. The lowest BCUT2D eigenvalue weighted by Gasteiger charge is -2.00. The van der Waals surface area contributed by atoms with Crippen LogP contribution in [0.4, 0.5) is 8.78 Å². The molecule has 0 heterocycles. The number of ketones is 1. The molecule has 0 aliphatic rings. The van der Waals surface area contributed by atoms with E-state index < -0.39 is 29.1 Å². The minimum Gasteiger partial charge on any atom is -0.507 e. The van der Waals surface area contributed by atoms with Crippen molar-refractivity contribution in [3.05, 3.63) is 41.5 Å². The molecule has 1 aromatic rings. The number of benzene rings is 1. The van der Waals surface area contributed by atoms with Gasteiger partial charge in [-0.2, -0.15) is 0 Å². The van der Waals surface area contributed by atoms with Gasteiger partial charge in [-0.1, -0.05) is 0 Å². The topological polar surface area (TPSA) is 74.6 Å². The molecule has 0 fully saturated rings. The largest absolute Gasteiger partial charge is 0.507 e. The number of hydrogen-bond acceptors (Lipinski definition) is 3. The van der Waals surface area contributed by atoms with Gasteiger partial charge in [0.05, 0.1) is 0 Å². The van der Waals surface area contributed by atoms with E-state index in [1.807, 2.05) is 0 Å². The number of carbonyl (C=O) groups excluding carboxylic acids is 1. The van der Waals surface area contributed by atoms with Crippen LogP contribution in [-0.2, 0) is 9.59 Å². The monoisotopic (exact) mass is 228 g/mol. The van der Waals surface area contributed by atoms with E-state index in [0.29, 0.717) is 12.1 Å². The predicted octanol–water partition coefficient (Wildman–Crippen LogP) is 1.52. The van der Waals surface area contributed by atoms with Crippen LogP contribution in [0.2, 0.25) is 0 Å². The Balaban J connectivity index is 3.09. The fourth-order valence-electron chi connectivity index (χ4n) is 0.971. The van der Waals surface area contributed by atoms with Crippen molar-refractivity contribution in [1.29, 1.82) is 0 Å². The van der Waals surface area contributed by atoms with Crippen molar-refractivity contribution in [1.82, 2.24) is 0 Å². The van der Waals surface area contributed by atoms with Crippen molar-refractivity contribution < 1.29 is 28.6 Å². The Morgan fingerprint density at radius 3 is 2.00 bits per heavy atom. The maximum absolute atomic E-state index is 12.7. The molecule has 0 aliphatic heterocycles. The molecule has 4 nitrogen and oxygen atoms in total. The third kappa shape index (κ3) is 2.88. The Kier molecular flexibility index (Phi) is 3.34. The lowest BCUT2D eigenvalue weighted by atomic mass is 10.1. The molecule has 84 valence electrons. The van der Waals surface area contributed by atoms with Crippen LogP contribution < -0.4 is 0 Å². The molecular formula is C10H6F2O4. The molecule has 0 saturated heterocycles. The molecule has 0 amide bonds. The Morgan fingerprint density at radius 2 is 1.56 bits per heavy atom.